The zero-order valence-corrected chi connectivity index (χ0v) is 13.2. The molecule has 0 spiro atoms. The molecule has 1 atom stereocenters. The third kappa shape index (κ3) is 4.13. The lowest BCUT2D eigenvalue weighted by molar-refractivity contribution is -0.0552. The molecule has 1 aromatic carbocycles. The molecule has 0 amide bonds. The third-order valence-corrected chi connectivity index (χ3v) is 4.21. The number of aliphatic hydroxyl groups is 1. The van der Waals surface area contributed by atoms with Gasteiger partial charge in [0.25, 0.3) is 0 Å². The summed E-state index contributed by atoms with van der Waals surface area (Å²) < 4.78 is 14.5. The molecule has 1 aromatic heterocycles. The summed E-state index contributed by atoms with van der Waals surface area (Å²) in [6.45, 7) is 3.77. The Morgan fingerprint density at radius 1 is 1.30 bits per heavy atom. The van der Waals surface area contributed by atoms with E-state index in [-0.39, 0.29) is 12.4 Å². The number of rotatable bonds is 7. The normalized spacial score (nSPS) is 15.0. The van der Waals surface area contributed by atoms with E-state index in [0.29, 0.717) is 12.8 Å². The molecule has 2 aromatic rings. The van der Waals surface area contributed by atoms with Gasteiger partial charge in [0.2, 0.25) is 0 Å². The van der Waals surface area contributed by atoms with Gasteiger partial charge in [-0.2, -0.15) is 5.10 Å². The molecule has 0 aliphatic heterocycles. The van der Waals surface area contributed by atoms with Crippen molar-refractivity contribution >= 4 is 6.21 Å². The van der Waals surface area contributed by atoms with Crippen LogP contribution in [0.5, 0.6) is 0 Å². The molecule has 0 radical (unpaired) electrons. The minimum Gasteiger partial charge on any atom is -0.411 e. The summed E-state index contributed by atoms with van der Waals surface area (Å²) in [5.74, 6) is -0.292. The summed E-state index contributed by atoms with van der Waals surface area (Å²) >= 11 is 0. The van der Waals surface area contributed by atoms with E-state index in [2.05, 4.69) is 15.2 Å². The van der Waals surface area contributed by atoms with Gasteiger partial charge in [-0.3, -0.25) is 4.68 Å². The van der Waals surface area contributed by atoms with Crippen LogP contribution in [0.2, 0.25) is 0 Å². The zero-order chi connectivity index (χ0) is 16.9. The summed E-state index contributed by atoms with van der Waals surface area (Å²) in [5.41, 5.74) is -1.10. The summed E-state index contributed by atoms with van der Waals surface area (Å²) in [4.78, 5) is 3.88. The van der Waals surface area contributed by atoms with E-state index < -0.39 is 11.0 Å². The molecule has 0 saturated carbocycles. The van der Waals surface area contributed by atoms with Crippen LogP contribution in [0.1, 0.15) is 25.8 Å². The van der Waals surface area contributed by atoms with E-state index in [9.17, 15) is 9.50 Å². The summed E-state index contributed by atoms with van der Waals surface area (Å²) in [6, 6.07) is 6.18. The molecule has 0 aliphatic rings. The Morgan fingerprint density at radius 2 is 2.00 bits per heavy atom. The molecule has 23 heavy (non-hydrogen) atoms. The van der Waals surface area contributed by atoms with Gasteiger partial charge in [-0.1, -0.05) is 26.0 Å². The molecule has 7 heteroatoms. The molecule has 1 unspecified atom stereocenters. The fraction of sp³-hybridized carbons (Fsp3) is 0.438. The first-order valence-electron chi connectivity index (χ1n) is 7.34. The first kappa shape index (κ1) is 17.1. The fourth-order valence-electron chi connectivity index (χ4n) is 2.45. The van der Waals surface area contributed by atoms with Crippen LogP contribution in [0.4, 0.5) is 4.39 Å². The lowest BCUT2D eigenvalue weighted by Gasteiger charge is -2.40. The second-order valence-electron chi connectivity index (χ2n) is 6.22. The zero-order valence-electron chi connectivity index (χ0n) is 13.2. The highest BCUT2D eigenvalue weighted by atomic mass is 19.1. The lowest BCUT2D eigenvalue weighted by atomic mass is 9.72. The number of hydrogen-bond donors (Lipinski definition) is 2. The van der Waals surface area contributed by atoms with Gasteiger partial charge in [0, 0.05) is 5.41 Å². The van der Waals surface area contributed by atoms with Crippen molar-refractivity contribution < 1.29 is 14.7 Å². The number of aryl methyl sites for hydroxylation is 1. The second kappa shape index (κ2) is 6.87. The predicted octanol–water partition coefficient (Wildman–Crippen LogP) is 2.27. The molecule has 1 heterocycles. The van der Waals surface area contributed by atoms with E-state index in [1.54, 1.807) is 26.0 Å². The van der Waals surface area contributed by atoms with Gasteiger partial charge < -0.3 is 10.3 Å². The van der Waals surface area contributed by atoms with Crippen LogP contribution in [-0.2, 0) is 13.0 Å². The van der Waals surface area contributed by atoms with Crippen LogP contribution in [0.3, 0.4) is 0 Å². The smallest absolute Gasteiger partial charge is 0.137 e. The predicted molar refractivity (Wildman–Crippen MR) is 83.8 cm³/mol. The van der Waals surface area contributed by atoms with Crippen molar-refractivity contribution in [3.05, 3.63) is 48.3 Å². The molecular formula is C16H21FN4O2. The first-order chi connectivity index (χ1) is 10.9. The highest BCUT2D eigenvalue weighted by molar-refractivity contribution is 5.66. The summed E-state index contributed by atoms with van der Waals surface area (Å²) in [5, 5.41) is 27.2. The maximum atomic E-state index is 13.0. The Morgan fingerprint density at radius 3 is 2.57 bits per heavy atom. The van der Waals surface area contributed by atoms with Crippen molar-refractivity contribution in [3.63, 3.8) is 0 Å². The quantitative estimate of drug-likeness (QED) is 0.466. The van der Waals surface area contributed by atoms with Crippen LogP contribution >= 0.6 is 0 Å². The molecule has 0 aliphatic carbocycles. The van der Waals surface area contributed by atoms with E-state index in [1.165, 1.54) is 35.7 Å². The number of hydrogen-bond acceptors (Lipinski definition) is 5. The summed E-state index contributed by atoms with van der Waals surface area (Å²) in [7, 11) is 0. The van der Waals surface area contributed by atoms with Gasteiger partial charge in [-0.05, 0) is 30.5 Å². The van der Waals surface area contributed by atoms with Crippen LogP contribution < -0.4 is 0 Å². The van der Waals surface area contributed by atoms with Crippen molar-refractivity contribution in [2.75, 3.05) is 0 Å². The monoisotopic (exact) mass is 320 g/mol. The minimum absolute atomic E-state index is 0.202. The Bertz CT molecular complexity index is 641. The van der Waals surface area contributed by atoms with Crippen LogP contribution in [0.15, 0.2) is 42.1 Å². The SMILES string of the molecule is CC(C)(C=NO)C(O)(CCc1ccc(F)cc1)Cn1cncn1. The standard InChI is InChI=1S/C16H21FN4O2/c1-15(2,9-20-23)16(22,10-21-12-18-11-19-21)8-7-13-3-5-14(17)6-4-13/h3-6,9,11-12,22-23H,7-8,10H2,1-2H3. The number of halogens is 1. The molecule has 0 saturated heterocycles. The second-order valence-corrected chi connectivity index (χ2v) is 6.22. The summed E-state index contributed by atoms with van der Waals surface area (Å²) in [6.07, 6.45) is 5.17. The van der Waals surface area contributed by atoms with Gasteiger partial charge >= 0.3 is 0 Å². The number of nitrogens with zero attached hydrogens (tertiary/aromatic N) is 4. The van der Waals surface area contributed by atoms with Crippen LogP contribution in [-0.4, -0.2) is 36.9 Å². The number of benzene rings is 1. The fourth-order valence-corrected chi connectivity index (χ4v) is 2.45. The van der Waals surface area contributed by atoms with Gasteiger partial charge in [-0.15, -0.1) is 5.16 Å². The highest BCUT2D eigenvalue weighted by Crippen LogP contribution is 2.35. The number of oxime groups is 1. The minimum atomic E-state index is -1.22. The molecule has 124 valence electrons. The molecular weight excluding hydrogens is 299 g/mol. The van der Waals surface area contributed by atoms with E-state index in [0.717, 1.165) is 5.56 Å². The average Bonchev–Trinajstić information content (AvgIpc) is 2.99. The molecule has 0 bridgehead atoms. The van der Waals surface area contributed by atoms with Gasteiger partial charge in [0.1, 0.15) is 18.5 Å². The maximum Gasteiger partial charge on any atom is 0.137 e. The highest BCUT2D eigenvalue weighted by Gasteiger charge is 2.43. The first-order valence-corrected chi connectivity index (χ1v) is 7.34. The Labute approximate surface area is 134 Å². The Hall–Kier alpha value is -2.28. The third-order valence-electron chi connectivity index (χ3n) is 4.21. The van der Waals surface area contributed by atoms with E-state index in [4.69, 9.17) is 5.21 Å². The maximum absolute atomic E-state index is 13.0. The molecule has 2 rings (SSSR count). The van der Waals surface area contributed by atoms with Gasteiger partial charge in [0.15, 0.2) is 0 Å². The van der Waals surface area contributed by atoms with E-state index >= 15 is 0 Å². The van der Waals surface area contributed by atoms with Crippen molar-refractivity contribution in [2.24, 2.45) is 10.6 Å². The average molecular weight is 320 g/mol. The van der Waals surface area contributed by atoms with Crippen molar-refractivity contribution in [1.29, 1.82) is 0 Å². The van der Waals surface area contributed by atoms with Crippen molar-refractivity contribution in [3.8, 4) is 0 Å². The Kier molecular flexibility index (Phi) is 5.10. The molecule has 6 nitrogen and oxygen atoms in total. The molecule has 0 fully saturated rings. The topological polar surface area (TPSA) is 83.5 Å². The largest absolute Gasteiger partial charge is 0.411 e. The van der Waals surface area contributed by atoms with Crippen molar-refractivity contribution in [2.45, 2.75) is 38.8 Å². The van der Waals surface area contributed by atoms with Crippen molar-refractivity contribution in [1.82, 2.24) is 14.8 Å². The van der Waals surface area contributed by atoms with Gasteiger partial charge in [-0.25, -0.2) is 9.37 Å². The van der Waals surface area contributed by atoms with Gasteiger partial charge in [0.05, 0.1) is 18.4 Å². The lowest BCUT2D eigenvalue weighted by Crippen LogP contribution is -2.49. The Balaban J connectivity index is 2.20. The van der Waals surface area contributed by atoms with Crippen LogP contribution in [0.25, 0.3) is 0 Å². The molecule has 2 N–H and O–H groups in total. The van der Waals surface area contributed by atoms with E-state index in [1.807, 2.05) is 0 Å². The number of aromatic nitrogens is 3. The van der Waals surface area contributed by atoms with Crippen LogP contribution in [0, 0.1) is 11.2 Å².